The normalized spacial score (nSPS) is 13.7. The summed E-state index contributed by atoms with van der Waals surface area (Å²) < 4.78 is 41.8. The van der Waals surface area contributed by atoms with Crippen molar-refractivity contribution < 1.29 is 17.9 Å². The summed E-state index contributed by atoms with van der Waals surface area (Å²) >= 11 is 5.62. The van der Waals surface area contributed by atoms with Crippen molar-refractivity contribution >= 4 is 31.9 Å². The maximum Gasteiger partial charge on any atom is 0.404 e. The molecule has 1 heterocycles. The molecule has 0 saturated heterocycles. The van der Waals surface area contributed by atoms with Crippen LogP contribution in [0.1, 0.15) is 0 Å². The molecule has 0 aliphatic carbocycles. The fourth-order valence-corrected chi connectivity index (χ4v) is 1.21. The van der Waals surface area contributed by atoms with E-state index in [-0.39, 0.29) is 5.75 Å². The summed E-state index contributed by atoms with van der Waals surface area (Å²) in [5, 5.41) is 0. The number of rotatable bonds is 3. The van der Waals surface area contributed by atoms with Gasteiger partial charge in [-0.25, -0.2) is 0 Å². The molecule has 1 unspecified atom stereocenters. The molecule has 0 aromatic carbocycles. The van der Waals surface area contributed by atoms with E-state index in [2.05, 4.69) is 36.8 Å². The van der Waals surface area contributed by atoms with Crippen LogP contribution in [0.15, 0.2) is 22.9 Å². The van der Waals surface area contributed by atoms with E-state index in [1.54, 1.807) is 6.07 Å². The van der Waals surface area contributed by atoms with Gasteiger partial charge in [-0.05, 0) is 22.0 Å². The summed E-state index contributed by atoms with van der Waals surface area (Å²) in [4.78, 5) is 2.08. The number of ether oxygens (including phenoxy) is 1. The Morgan fingerprint density at radius 3 is 2.60 bits per heavy atom. The smallest absolute Gasteiger partial charge is 0.404 e. The maximum atomic E-state index is 12.1. The molecule has 0 aliphatic rings. The molecule has 0 radical (unpaired) electrons. The number of hydrogen-bond acceptors (Lipinski definition) is 2. The van der Waals surface area contributed by atoms with Crippen molar-refractivity contribution in [1.82, 2.24) is 4.98 Å². The lowest BCUT2D eigenvalue weighted by molar-refractivity contribution is -0.132. The second-order valence-electron chi connectivity index (χ2n) is 2.66. The summed E-state index contributed by atoms with van der Waals surface area (Å²) in [5.74, 6) is 0.290. The molecule has 1 aromatic heterocycles. The van der Waals surface area contributed by atoms with Crippen molar-refractivity contribution in [1.29, 1.82) is 0 Å². The van der Waals surface area contributed by atoms with Gasteiger partial charge in [0, 0.05) is 10.7 Å². The molecular formula is C8H6Br2F3NO. The van der Waals surface area contributed by atoms with Crippen LogP contribution in [-0.2, 0) is 0 Å². The Bertz CT molecular complexity index is 332. The third-order valence-corrected chi connectivity index (χ3v) is 2.65. The van der Waals surface area contributed by atoms with Crippen LogP contribution in [0.2, 0.25) is 0 Å². The summed E-state index contributed by atoms with van der Waals surface area (Å²) in [6.45, 7) is -0.484. The van der Waals surface area contributed by atoms with E-state index in [0.717, 1.165) is 0 Å². The number of alkyl halides is 4. The molecule has 84 valence electrons. The molecule has 0 bridgehead atoms. The monoisotopic (exact) mass is 347 g/mol. The zero-order valence-corrected chi connectivity index (χ0v) is 10.4. The van der Waals surface area contributed by atoms with E-state index in [4.69, 9.17) is 4.74 Å². The molecule has 0 spiro atoms. The molecule has 0 aliphatic heterocycles. The molecular weight excluding hydrogens is 343 g/mol. The zero-order chi connectivity index (χ0) is 11.5. The van der Waals surface area contributed by atoms with E-state index >= 15 is 0 Å². The van der Waals surface area contributed by atoms with Crippen molar-refractivity contribution in [3.63, 3.8) is 0 Å². The van der Waals surface area contributed by atoms with Crippen LogP contribution in [0, 0.1) is 0 Å². The first kappa shape index (κ1) is 12.8. The van der Waals surface area contributed by atoms with Crippen LogP contribution < -0.4 is 4.74 Å². The highest BCUT2D eigenvalue weighted by Crippen LogP contribution is 2.27. The van der Waals surface area contributed by atoms with E-state index in [1.165, 1.54) is 12.4 Å². The Morgan fingerprint density at radius 2 is 2.07 bits per heavy atom. The minimum atomic E-state index is -4.31. The molecule has 0 fully saturated rings. The van der Waals surface area contributed by atoms with Gasteiger partial charge < -0.3 is 4.74 Å². The molecule has 0 saturated carbocycles. The number of pyridine rings is 1. The van der Waals surface area contributed by atoms with Crippen LogP contribution >= 0.6 is 31.9 Å². The highest BCUT2D eigenvalue weighted by molar-refractivity contribution is 9.10. The Kier molecular flexibility index (Phi) is 4.39. The summed E-state index contributed by atoms with van der Waals surface area (Å²) in [6, 6.07) is 1.54. The topological polar surface area (TPSA) is 22.1 Å². The highest BCUT2D eigenvalue weighted by Gasteiger charge is 2.38. The molecule has 1 aromatic rings. The Morgan fingerprint density at radius 1 is 1.40 bits per heavy atom. The molecule has 7 heteroatoms. The molecule has 0 N–H and O–H groups in total. The van der Waals surface area contributed by atoms with Crippen LogP contribution in [0.4, 0.5) is 13.2 Å². The Hall–Kier alpha value is -0.300. The summed E-state index contributed by atoms with van der Waals surface area (Å²) in [7, 11) is 0. The van der Waals surface area contributed by atoms with Crippen molar-refractivity contribution in [3.8, 4) is 5.75 Å². The van der Waals surface area contributed by atoms with E-state index < -0.39 is 17.6 Å². The Balaban J connectivity index is 2.51. The molecule has 1 rings (SSSR count). The quantitative estimate of drug-likeness (QED) is 0.779. The van der Waals surface area contributed by atoms with Gasteiger partial charge in [-0.15, -0.1) is 0 Å². The van der Waals surface area contributed by atoms with Crippen molar-refractivity contribution in [2.24, 2.45) is 0 Å². The first-order valence-corrected chi connectivity index (χ1v) is 5.54. The minimum Gasteiger partial charge on any atom is -0.490 e. The number of hydrogen-bond donors (Lipinski definition) is 0. The van der Waals surface area contributed by atoms with Gasteiger partial charge in [0.1, 0.15) is 17.2 Å². The molecule has 1 atom stereocenters. The molecule has 2 nitrogen and oxygen atoms in total. The fourth-order valence-electron chi connectivity index (χ4n) is 0.735. The van der Waals surface area contributed by atoms with Crippen molar-refractivity contribution in [3.05, 3.63) is 22.9 Å². The second kappa shape index (κ2) is 5.16. The zero-order valence-electron chi connectivity index (χ0n) is 7.26. The highest BCUT2D eigenvalue weighted by atomic mass is 79.9. The lowest BCUT2D eigenvalue weighted by Gasteiger charge is -2.14. The van der Waals surface area contributed by atoms with Crippen molar-refractivity contribution in [2.45, 2.75) is 11.0 Å². The van der Waals surface area contributed by atoms with Gasteiger partial charge in [0.05, 0.1) is 6.20 Å². The van der Waals surface area contributed by atoms with E-state index in [9.17, 15) is 13.2 Å². The third-order valence-electron chi connectivity index (χ3n) is 1.43. The maximum absolute atomic E-state index is 12.1. The van der Waals surface area contributed by atoms with Gasteiger partial charge >= 0.3 is 6.18 Å². The van der Waals surface area contributed by atoms with Crippen LogP contribution in [0.3, 0.4) is 0 Å². The first-order chi connectivity index (χ1) is 6.89. The van der Waals surface area contributed by atoms with Gasteiger partial charge in [0.2, 0.25) is 0 Å². The molecule has 15 heavy (non-hydrogen) atoms. The van der Waals surface area contributed by atoms with Crippen LogP contribution in [0.5, 0.6) is 5.75 Å². The third kappa shape index (κ3) is 4.38. The second-order valence-corrected chi connectivity index (χ2v) is 4.68. The number of halogens is 5. The van der Waals surface area contributed by atoms with Gasteiger partial charge in [-0.2, -0.15) is 13.2 Å². The SMILES string of the molecule is FC(F)(F)C(Br)COc1cncc(Br)c1. The van der Waals surface area contributed by atoms with Crippen molar-refractivity contribution in [2.75, 3.05) is 6.61 Å². The lowest BCUT2D eigenvalue weighted by atomic mass is 10.4. The van der Waals surface area contributed by atoms with E-state index in [1.807, 2.05) is 0 Å². The largest absolute Gasteiger partial charge is 0.490 e. The van der Waals surface area contributed by atoms with Gasteiger partial charge in [0.15, 0.2) is 0 Å². The molecule has 0 amide bonds. The predicted octanol–water partition coefficient (Wildman–Crippen LogP) is 3.55. The average molecular weight is 349 g/mol. The number of nitrogens with zero attached hydrogens (tertiary/aromatic N) is 1. The lowest BCUT2D eigenvalue weighted by Crippen LogP contribution is -2.28. The summed E-state index contributed by atoms with van der Waals surface area (Å²) in [5.41, 5.74) is 0. The first-order valence-electron chi connectivity index (χ1n) is 3.83. The van der Waals surface area contributed by atoms with E-state index in [0.29, 0.717) is 4.47 Å². The standard InChI is InChI=1S/C8H6Br2F3NO/c9-5-1-6(3-14-2-5)15-4-7(10)8(11,12)13/h1-3,7H,4H2. The predicted molar refractivity (Wildman–Crippen MR) is 56.2 cm³/mol. The van der Waals surface area contributed by atoms with Crippen LogP contribution in [0.25, 0.3) is 0 Å². The van der Waals surface area contributed by atoms with Gasteiger partial charge in [-0.1, -0.05) is 15.9 Å². The fraction of sp³-hybridized carbons (Fsp3) is 0.375. The van der Waals surface area contributed by atoms with Gasteiger partial charge in [0.25, 0.3) is 0 Å². The minimum absolute atomic E-state index is 0.290. The van der Waals surface area contributed by atoms with Crippen LogP contribution in [-0.4, -0.2) is 22.6 Å². The van der Waals surface area contributed by atoms with Gasteiger partial charge in [-0.3, -0.25) is 4.98 Å². The Labute approximate surface area is 101 Å². The average Bonchev–Trinajstić information content (AvgIpc) is 2.12. The summed E-state index contributed by atoms with van der Waals surface area (Å²) in [6.07, 6.45) is -1.44. The number of aromatic nitrogens is 1.